The second-order valence-corrected chi connectivity index (χ2v) is 8.46. The van der Waals surface area contributed by atoms with E-state index in [0.29, 0.717) is 22.6 Å². The van der Waals surface area contributed by atoms with Gasteiger partial charge in [0.15, 0.2) is 0 Å². The van der Waals surface area contributed by atoms with Crippen molar-refractivity contribution in [3.05, 3.63) is 99.7 Å². The fourth-order valence-electron chi connectivity index (χ4n) is 3.74. The highest BCUT2D eigenvalue weighted by molar-refractivity contribution is 6.53. The van der Waals surface area contributed by atoms with Gasteiger partial charge in [0.25, 0.3) is 17.7 Å². The van der Waals surface area contributed by atoms with Crippen LogP contribution in [0, 0.1) is 13.8 Å². The van der Waals surface area contributed by atoms with Gasteiger partial charge in [0.2, 0.25) is 0 Å². The first-order valence-corrected chi connectivity index (χ1v) is 11.3. The normalized spacial score (nSPS) is 13.2. The van der Waals surface area contributed by atoms with E-state index in [-0.39, 0.29) is 16.3 Å². The molecule has 1 heterocycles. The van der Waals surface area contributed by atoms with Crippen molar-refractivity contribution in [2.24, 2.45) is 0 Å². The maximum Gasteiger partial charge on any atom is 0.337 e. The average Bonchev–Trinajstić information content (AvgIpc) is 3.08. The molecule has 36 heavy (non-hydrogen) atoms. The van der Waals surface area contributed by atoms with Gasteiger partial charge < -0.3 is 15.4 Å². The van der Waals surface area contributed by atoms with Gasteiger partial charge in [-0.15, -0.1) is 0 Å². The highest BCUT2D eigenvalue weighted by Crippen LogP contribution is 2.33. The third-order valence-electron chi connectivity index (χ3n) is 5.78. The van der Waals surface area contributed by atoms with Crippen LogP contribution >= 0.6 is 11.6 Å². The molecule has 8 nitrogen and oxygen atoms in total. The Kier molecular flexibility index (Phi) is 6.89. The van der Waals surface area contributed by atoms with Crippen molar-refractivity contribution in [2.75, 3.05) is 22.6 Å². The summed E-state index contributed by atoms with van der Waals surface area (Å²) in [4.78, 5) is 51.6. The summed E-state index contributed by atoms with van der Waals surface area (Å²) in [5.74, 6) is -2.18. The number of nitrogens with zero attached hydrogens (tertiary/aromatic N) is 1. The number of halogens is 1. The number of aryl methyl sites for hydroxylation is 1. The summed E-state index contributed by atoms with van der Waals surface area (Å²) in [6, 6.07) is 18.1. The molecular weight excluding hydrogens is 482 g/mol. The molecule has 0 spiro atoms. The predicted octanol–water partition coefficient (Wildman–Crippen LogP) is 4.78. The molecule has 182 valence electrons. The number of carbonyl (C=O) groups is 4. The summed E-state index contributed by atoms with van der Waals surface area (Å²) >= 11 is 6.26. The van der Waals surface area contributed by atoms with Gasteiger partial charge in [-0.05, 0) is 67.4 Å². The minimum Gasteiger partial charge on any atom is -0.465 e. The number of anilines is 3. The zero-order chi connectivity index (χ0) is 26.0. The minimum absolute atomic E-state index is 0.0779. The van der Waals surface area contributed by atoms with Crippen molar-refractivity contribution in [1.29, 1.82) is 0 Å². The van der Waals surface area contributed by atoms with Crippen LogP contribution in [0.4, 0.5) is 17.1 Å². The smallest absolute Gasteiger partial charge is 0.337 e. The number of carbonyl (C=O) groups excluding carboxylic acids is 4. The number of hydrogen-bond acceptors (Lipinski definition) is 6. The number of rotatable bonds is 6. The van der Waals surface area contributed by atoms with Crippen molar-refractivity contribution < 1.29 is 23.9 Å². The molecule has 3 aromatic rings. The Morgan fingerprint density at radius 3 is 2.22 bits per heavy atom. The van der Waals surface area contributed by atoms with Crippen LogP contribution in [0.25, 0.3) is 0 Å². The molecule has 0 aliphatic carbocycles. The van der Waals surface area contributed by atoms with Crippen LogP contribution < -0.4 is 15.5 Å². The van der Waals surface area contributed by atoms with Crippen LogP contribution in [0.3, 0.4) is 0 Å². The highest BCUT2D eigenvalue weighted by Gasteiger charge is 2.39. The van der Waals surface area contributed by atoms with E-state index in [1.807, 2.05) is 19.9 Å². The first-order valence-electron chi connectivity index (χ1n) is 10.9. The van der Waals surface area contributed by atoms with Gasteiger partial charge >= 0.3 is 5.97 Å². The van der Waals surface area contributed by atoms with E-state index < -0.39 is 23.7 Å². The Hall–Kier alpha value is -4.43. The number of amides is 3. The fourth-order valence-corrected chi connectivity index (χ4v) is 3.95. The topological polar surface area (TPSA) is 105 Å². The summed E-state index contributed by atoms with van der Waals surface area (Å²) < 4.78 is 4.70. The average molecular weight is 504 g/mol. The Labute approximate surface area is 212 Å². The molecule has 0 unspecified atom stereocenters. The lowest BCUT2D eigenvalue weighted by molar-refractivity contribution is -0.120. The molecule has 3 amide bonds. The number of methoxy groups -OCH3 is 1. The van der Waals surface area contributed by atoms with Crippen LogP contribution in [0.2, 0.25) is 0 Å². The number of esters is 1. The SMILES string of the molecule is COC(=O)c1cccc(NC(=O)c2cccc(NC3=C(Cl)C(=O)N(c4cccc(C)c4C)C3=O)c2)c1. The number of ether oxygens (including phenoxy) is 1. The van der Waals surface area contributed by atoms with Crippen LogP contribution in [0.5, 0.6) is 0 Å². The molecule has 0 radical (unpaired) electrons. The van der Waals surface area contributed by atoms with E-state index in [4.69, 9.17) is 16.3 Å². The quantitative estimate of drug-likeness (QED) is 0.370. The Balaban J connectivity index is 1.54. The first kappa shape index (κ1) is 24.7. The van der Waals surface area contributed by atoms with Crippen molar-refractivity contribution in [1.82, 2.24) is 0 Å². The van der Waals surface area contributed by atoms with Gasteiger partial charge in [-0.2, -0.15) is 0 Å². The molecule has 0 atom stereocenters. The molecule has 1 aliphatic heterocycles. The van der Waals surface area contributed by atoms with Gasteiger partial charge in [0.05, 0.1) is 18.4 Å². The lowest BCUT2D eigenvalue weighted by Crippen LogP contribution is -2.33. The van der Waals surface area contributed by atoms with E-state index in [1.165, 1.54) is 19.2 Å². The number of hydrogen-bond donors (Lipinski definition) is 2. The molecule has 4 rings (SSSR count). The van der Waals surface area contributed by atoms with Crippen LogP contribution in [-0.2, 0) is 14.3 Å². The maximum absolute atomic E-state index is 13.1. The summed E-state index contributed by atoms with van der Waals surface area (Å²) in [5.41, 5.74) is 3.48. The van der Waals surface area contributed by atoms with Gasteiger partial charge in [-0.25, -0.2) is 9.69 Å². The van der Waals surface area contributed by atoms with Crippen LogP contribution in [-0.4, -0.2) is 30.8 Å². The van der Waals surface area contributed by atoms with Crippen molar-refractivity contribution in [3.8, 4) is 0 Å². The van der Waals surface area contributed by atoms with E-state index in [9.17, 15) is 19.2 Å². The van der Waals surface area contributed by atoms with Gasteiger partial charge in [0.1, 0.15) is 10.7 Å². The second-order valence-electron chi connectivity index (χ2n) is 8.09. The Bertz CT molecular complexity index is 1450. The van der Waals surface area contributed by atoms with Gasteiger partial charge in [-0.3, -0.25) is 14.4 Å². The molecule has 0 saturated heterocycles. The van der Waals surface area contributed by atoms with E-state index in [2.05, 4.69) is 10.6 Å². The molecule has 2 N–H and O–H groups in total. The zero-order valence-electron chi connectivity index (χ0n) is 19.7. The fraction of sp³-hybridized carbons (Fsp3) is 0.111. The van der Waals surface area contributed by atoms with E-state index in [1.54, 1.807) is 48.5 Å². The number of nitrogens with one attached hydrogen (secondary N) is 2. The molecule has 0 fully saturated rings. The van der Waals surface area contributed by atoms with Crippen LogP contribution in [0.15, 0.2) is 77.5 Å². The van der Waals surface area contributed by atoms with Crippen molar-refractivity contribution >= 4 is 52.4 Å². The molecule has 0 saturated carbocycles. The maximum atomic E-state index is 13.1. The summed E-state index contributed by atoms with van der Waals surface area (Å²) in [7, 11) is 1.28. The van der Waals surface area contributed by atoms with Gasteiger partial charge in [0, 0.05) is 16.9 Å². The van der Waals surface area contributed by atoms with E-state index in [0.717, 1.165) is 16.0 Å². The zero-order valence-corrected chi connectivity index (χ0v) is 20.5. The summed E-state index contributed by atoms with van der Waals surface area (Å²) in [5, 5.41) is 5.37. The van der Waals surface area contributed by atoms with Gasteiger partial charge in [-0.1, -0.05) is 35.9 Å². The number of benzene rings is 3. The van der Waals surface area contributed by atoms with Crippen molar-refractivity contribution in [3.63, 3.8) is 0 Å². The van der Waals surface area contributed by atoms with E-state index >= 15 is 0 Å². The predicted molar refractivity (Wildman–Crippen MR) is 137 cm³/mol. The highest BCUT2D eigenvalue weighted by atomic mass is 35.5. The lowest BCUT2D eigenvalue weighted by Gasteiger charge is -2.18. The number of imide groups is 1. The second kappa shape index (κ2) is 10.1. The standard InChI is InChI=1S/C27H22ClN3O5/c1-15-7-4-12-21(16(15)2)31-25(33)22(28)23(26(31)34)29-19-10-5-8-17(13-19)24(32)30-20-11-6-9-18(14-20)27(35)36-3/h4-14,29H,1-3H3,(H,30,32). The Morgan fingerprint density at radius 1 is 0.861 bits per heavy atom. The molecular formula is C27H22ClN3O5. The first-order chi connectivity index (χ1) is 17.2. The monoisotopic (exact) mass is 503 g/mol. The molecule has 0 aromatic heterocycles. The lowest BCUT2D eigenvalue weighted by atomic mass is 10.1. The Morgan fingerprint density at radius 2 is 1.50 bits per heavy atom. The largest absolute Gasteiger partial charge is 0.465 e. The molecule has 0 bridgehead atoms. The molecule has 9 heteroatoms. The third kappa shape index (κ3) is 4.71. The minimum atomic E-state index is -0.628. The summed E-state index contributed by atoms with van der Waals surface area (Å²) in [6.45, 7) is 3.72. The molecule has 3 aromatic carbocycles. The van der Waals surface area contributed by atoms with Crippen LogP contribution in [0.1, 0.15) is 31.8 Å². The van der Waals surface area contributed by atoms with Crippen molar-refractivity contribution in [2.45, 2.75) is 13.8 Å². The third-order valence-corrected chi connectivity index (χ3v) is 6.13. The summed E-state index contributed by atoms with van der Waals surface area (Å²) in [6.07, 6.45) is 0. The molecule has 1 aliphatic rings.